The molecule has 9 heteroatoms. The van der Waals surface area contributed by atoms with Crippen LogP contribution in [0.15, 0.2) is 23.5 Å². The van der Waals surface area contributed by atoms with Gasteiger partial charge in [-0.05, 0) is 67.7 Å². The molecule has 1 heterocycles. The van der Waals surface area contributed by atoms with Gasteiger partial charge in [0.2, 0.25) is 0 Å². The van der Waals surface area contributed by atoms with Crippen LogP contribution in [0.2, 0.25) is 0 Å². The van der Waals surface area contributed by atoms with E-state index < -0.39 is 21.1 Å². The summed E-state index contributed by atoms with van der Waals surface area (Å²) >= 11 is 0. The summed E-state index contributed by atoms with van der Waals surface area (Å²) in [7, 11) is -4.21. The Kier molecular flexibility index (Phi) is 5.08. The lowest BCUT2D eigenvalue weighted by Crippen LogP contribution is -2.35. The van der Waals surface area contributed by atoms with Crippen LogP contribution in [0.5, 0.6) is 0 Å². The van der Waals surface area contributed by atoms with Gasteiger partial charge in [-0.3, -0.25) is 9.78 Å². The average molecular weight is 414 g/mol. The van der Waals surface area contributed by atoms with Gasteiger partial charge in [-0.15, -0.1) is 0 Å². The maximum atomic E-state index is 12.6. The van der Waals surface area contributed by atoms with Crippen LogP contribution in [0.3, 0.4) is 0 Å². The van der Waals surface area contributed by atoms with Crippen molar-refractivity contribution >= 4 is 27.5 Å². The summed E-state index contributed by atoms with van der Waals surface area (Å²) in [5.41, 5.74) is 5.71. The third-order valence-electron chi connectivity index (χ3n) is 5.31. The number of aryl methyl sites for hydroxylation is 2. The molecule has 0 fully saturated rings. The Morgan fingerprint density at radius 3 is 2.31 bits per heavy atom. The van der Waals surface area contributed by atoms with Crippen LogP contribution >= 0.6 is 0 Å². The molecule has 2 aliphatic carbocycles. The Labute approximate surface area is 169 Å². The molecule has 0 radical (unpaired) electrons. The summed E-state index contributed by atoms with van der Waals surface area (Å²) in [6.07, 6.45) is 8.15. The lowest BCUT2D eigenvalue weighted by Gasteiger charge is -2.16. The standard InChI is InChI=1S/C20H22N4O4S/c1-12(25)8-15-10-21-11-18(22-15)29(27,28)24-20(26)23-19-16-6-2-4-13(16)9-14-5-3-7-17(14)19/h9-11H,2-8H2,1H3,(H2,23,24,26). The van der Waals surface area contributed by atoms with E-state index in [1.807, 2.05) is 4.72 Å². The molecular formula is C20H22N4O4S. The van der Waals surface area contributed by atoms with Gasteiger partial charge < -0.3 is 5.32 Å². The number of nitrogens with one attached hydrogen (secondary N) is 2. The first-order valence-electron chi connectivity index (χ1n) is 9.64. The maximum absolute atomic E-state index is 12.6. The number of ketones is 1. The van der Waals surface area contributed by atoms with Gasteiger partial charge in [-0.25, -0.2) is 14.5 Å². The molecule has 0 unspecified atom stereocenters. The number of nitrogens with zero attached hydrogens (tertiary/aromatic N) is 2. The molecule has 0 atom stereocenters. The number of Topliss-reactive ketones (excluding diaryl/α,β-unsaturated/α-hetero) is 1. The normalized spacial score (nSPS) is 14.9. The summed E-state index contributed by atoms with van der Waals surface area (Å²) in [5.74, 6) is -0.161. The second-order valence-electron chi connectivity index (χ2n) is 7.52. The molecular weight excluding hydrogens is 392 g/mol. The number of aromatic nitrogens is 2. The molecule has 1 aromatic carbocycles. The third-order valence-corrected chi connectivity index (χ3v) is 6.51. The van der Waals surface area contributed by atoms with Crippen LogP contribution in [0.4, 0.5) is 10.5 Å². The lowest BCUT2D eigenvalue weighted by atomic mass is 9.99. The van der Waals surface area contributed by atoms with Gasteiger partial charge in [0.15, 0.2) is 5.03 Å². The fourth-order valence-corrected chi connectivity index (χ4v) is 4.97. The van der Waals surface area contributed by atoms with E-state index in [4.69, 9.17) is 0 Å². The van der Waals surface area contributed by atoms with E-state index in [1.54, 1.807) is 0 Å². The largest absolute Gasteiger partial charge is 0.333 e. The Hall–Kier alpha value is -2.81. The SMILES string of the molecule is CC(=O)Cc1cncc(S(=O)(=O)NC(=O)Nc2c3c(cc4c2CCC4)CCC3)n1. The van der Waals surface area contributed by atoms with E-state index in [2.05, 4.69) is 21.4 Å². The number of carbonyl (C=O) groups excluding carboxylic acids is 2. The summed E-state index contributed by atoms with van der Waals surface area (Å²) in [4.78, 5) is 31.6. The van der Waals surface area contributed by atoms with Gasteiger partial charge in [-0.1, -0.05) is 6.07 Å². The number of fused-ring (bicyclic) bond motifs is 2. The molecule has 152 valence electrons. The van der Waals surface area contributed by atoms with E-state index >= 15 is 0 Å². The van der Waals surface area contributed by atoms with Crippen molar-refractivity contribution in [3.8, 4) is 0 Å². The van der Waals surface area contributed by atoms with E-state index in [-0.39, 0.29) is 17.9 Å². The average Bonchev–Trinajstić information content (AvgIpc) is 3.29. The van der Waals surface area contributed by atoms with Crippen LogP contribution in [-0.4, -0.2) is 30.2 Å². The predicted molar refractivity (Wildman–Crippen MR) is 106 cm³/mol. The molecule has 0 bridgehead atoms. The Balaban J connectivity index is 1.56. The lowest BCUT2D eigenvalue weighted by molar-refractivity contribution is -0.116. The van der Waals surface area contributed by atoms with Gasteiger partial charge in [0, 0.05) is 18.3 Å². The van der Waals surface area contributed by atoms with Gasteiger partial charge in [0.1, 0.15) is 5.78 Å². The van der Waals surface area contributed by atoms with Gasteiger partial charge in [-0.2, -0.15) is 8.42 Å². The summed E-state index contributed by atoms with van der Waals surface area (Å²) < 4.78 is 27.2. The molecule has 0 aliphatic heterocycles. The minimum Gasteiger partial charge on any atom is -0.307 e. The molecule has 2 N–H and O–H groups in total. The molecule has 0 spiro atoms. The highest BCUT2D eigenvalue weighted by Gasteiger charge is 2.27. The van der Waals surface area contributed by atoms with E-state index in [0.29, 0.717) is 0 Å². The number of hydrogen-bond acceptors (Lipinski definition) is 6. The van der Waals surface area contributed by atoms with Crippen molar-refractivity contribution in [1.29, 1.82) is 0 Å². The highest BCUT2D eigenvalue weighted by Crippen LogP contribution is 2.38. The topological polar surface area (TPSA) is 118 Å². The monoisotopic (exact) mass is 414 g/mol. The highest BCUT2D eigenvalue weighted by molar-refractivity contribution is 7.90. The van der Waals surface area contributed by atoms with Crippen molar-refractivity contribution in [2.45, 2.75) is 56.9 Å². The van der Waals surface area contributed by atoms with Crippen LogP contribution in [-0.2, 0) is 46.9 Å². The Morgan fingerprint density at radius 2 is 1.69 bits per heavy atom. The van der Waals surface area contributed by atoms with Gasteiger partial charge >= 0.3 is 6.03 Å². The minimum atomic E-state index is -4.21. The van der Waals surface area contributed by atoms with Crippen LogP contribution in [0.25, 0.3) is 0 Å². The number of hydrogen-bond donors (Lipinski definition) is 2. The molecule has 2 aromatic rings. The number of carbonyl (C=O) groups is 2. The molecule has 2 amide bonds. The van der Waals surface area contributed by atoms with Crippen LogP contribution < -0.4 is 10.0 Å². The first-order valence-corrected chi connectivity index (χ1v) is 11.1. The highest BCUT2D eigenvalue weighted by atomic mass is 32.2. The zero-order chi connectivity index (χ0) is 20.6. The fourth-order valence-electron chi connectivity index (χ4n) is 4.14. The number of sulfonamides is 1. The molecule has 0 saturated heterocycles. The number of rotatable bonds is 5. The van der Waals surface area contributed by atoms with Crippen LogP contribution in [0.1, 0.15) is 47.7 Å². The van der Waals surface area contributed by atoms with E-state index in [0.717, 1.165) is 61.5 Å². The molecule has 4 rings (SSSR count). The van der Waals surface area contributed by atoms with Crippen molar-refractivity contribution < 1.29 is 18.0 Å². The number of benzene rings is 1. The summed E-state index contributed by atoms with van der Waals surface area (Å²) in [5, 5.41) is 2.39. The van der Waals surface area contributed by atoms with E-state index in [1.165, 1.54) is 24.2 Å². The smallest absolute Gasteiger partial charge is 0.307 e. The molecule has 0 saturated carbocycles. The quantitative estimate of drug-likeness (QED) is 0.773. The molecule has 8 nitrogen and oxygen atoms in total. The predicted octanol–water partition coefficient (Wildman–Crippen LogP) is 2.10. The zero-order valence-corrected chi connectivity index (χ0v) is 16.9. The van der Waals surface area contributed by atoms with Crippen molar-refractivity contribution in [3.05, 3.63) is 46.4 Å². The molecule has 2 aliphatic rings. The van der Waals surface area contributed by atoms with Gasteiger partial charge in [0.25, 0.3) is 10.0 Å². The zero-order valence-electron chi connectivity index (χ0n) is 16.1. The number of amides is 2. The van der Waals surface area contributed by atoms with Crippen molar-refractivity contribution in [3.63, 3.8) is 0 Å². The van der Waals surface area contributed by atoms with Crippen molar-refractivity contribution in [2.75, 3.05) is 5.32 Å². The maximum Gasteiger partial charge on any atom is 0.333 e. The first kappa shape index (κ1) is 19.5. The first-order chi connectivity index (χ1) is 13.8. The number of urea groups is 1. The van der Waals surface area contributed by atoms with Gasteiger partial charge in [0.05, 0.1) is 11.9 Å². The number of anilines is 1. The second-order valence-corrected chi connectivity index (χ2v) is 9.15. The molecule has 1 aromatic heterocycles. The molecule has 29 heavy (non-hydrogen) atoms. The van der Waals surface area contributed by atoms with Crippen molar-refractivity contribution in [2.24, 2.45) is 0 Å². The Morgan fingerprint density at radius 1 is 1.03 bits per heavy atom. The third kappa shape index (κ3) is 4.00. The summed E-state index contributed by atoms with van der Waals surface area (Å²) in [6, 6.07) is 1.42. The fraction of sp³-hybridized carbons (Fsp3) is 0.400. The van der Waals surface area contributed by atoms with E-state index in [9.17, 15) is 18.0 Å². The van der Waals surface area contributed by atoms with Crippen molar-refractivity contribution in [1.82, 2.24) is 14.7 Å². The van der Waals surface area contributed by atoms with Crippen LogP contribution in [0, 0.1) is 0 Å². The summed E-state index contributed by atoms with van der Waals surface area (Å²) in [6.45, 7) is 1.38. The minimum absolute atomic E-state index is 0.0230. The Bertz CT molecular complexity index is 1080. The second kappa shape index (κ2) is 7.55.